The molecule has 0 aromatic heterocycles. The van der Waals surface area contributed by atoms with E-state index in [0.29, 0.717) is 19.3 Å². The van der Waals surface area contributed by atoms with Gasteiger partial charge in [-0.05, 0) is 29.5 Å². The molecule has 2 aromatic rings. The van der Waals surface area contributed by atoms with E-state index in [0.717, 1.165) is 31.2 Å². The molecule has 3 heteroatoms. The first-order valence-corrected chi connectivity index (χ1v) is 8.92. The van der Waals surface area contributed by atoms with Crippen LogP contribution in [0.3, 0.4) is 0 Å². The van der Waals surface area contributed by atoms with Crippen molar-refractivity contribution in [3.63, 3.8) is 0 Å². The minimum atomic E-state index is -0.157. The van der Waals surface area contributed by atoms with Crippen LogP contribution in [0.1, 0.15) is 44.1 Å². The van der Waals surface area contributed by atoms with E-state index in [1.54, 1.807) is 0 Å². The maximum Gasteiger partial charge on any atom is 0.305 e. The van der Waals surface area contributed by atoms with E-state index in [2.05, 4.69) is 29.0 Å². The van der Waals surface area contributed by atoms with Crippen molar-refractivity contribution >= 4 is 11.8 Å². The third-order valence-corrected chi connectivity index (χ3v) is 4.28. The van der Waals surface area contributed by atoms with Gasteiger partial charge < -0.3 is 4.74 Å². The largest absolute Gasteiger partial charge is 0.469 e. The molecule has 25 heavy (non-hydrogen) atoms. The minimum absolute atomic E-state index is 0.157. The number of hydrogen-bond donors (Lipinski definition) is 0. The van der Waals surface area contributed by atoms with Gasteiger partial charge >= 0.3 is 5.97 Å². The van der Waals surface area contributed by atoms with Crippen molar-refractivity contribution < 1.29 is 14.3 Å². The maximum absolute atomic E-state index is 12.1. The first kappa shape index (κ1) is 18.9. The van der Waals surface area contributed by atoms with E-state index in [1.165, 1.54) is 18.2 Å². The van der Waals surface area contributed by atoms with Crippen LogP contribution in [-0.4, -0.2) is 18.9 Å². The van der Waals surface area contributed by atoms with Gasteiger partial charge in [0.25, 0.3) is 0 Å². The molecule has 0 amide bonds. The van der Waals surface area contributed by atoms with Crippen LogP contribution in [0, 0.1) is 0 Å². The monoisotopic (exact) mass is 338 g/mol. The van der Waals surface area contributed by atoms with Crippen LogP contribution in [0.15, 0.2) is 54.6 Å². The lowest BCUT2D eigenvalue weighted by molar-refractivity contribution is -0.140. The highest BCUT2D eigenvalue weighted by molar-refractivity contribution is 5.81. The van der Waals surface area contributed by atoms with Gasteiger partial charge in [0.05, 0.1) is 7.11 Å². The molecule has 0 heterocycles. The third kappa shape index (κ3) is 6.92. The molecule has 0 atom stereocenters. The summed E-state index contributed by atoms with van der Waals surface area (Å²) in [6.07, 6.45) is 5.25. The summed E-state index contributed by atoms with van der Waals surface area (Å²) in [6, 6.07) is 18.4. The lowest BCUT2D eigenvalue weighted by Gasteiger charge is -2.05. The number of benzene rings is 2. The van der Waals surface area contributed by atoms with Gasteiger partial charge in [0.2, 0.25) is 0 Å². The predicted octanol–water partition coefficient (Wildman–Crippen LogP) is 4.98. The number of ketones is 1. The average Bonchev–Trinajstić information content (AvgIpc) is 2.65. The molecule has 2 aromatic carbocycles. The van der Waals surface area contributed by atoms with Gasteiger partial charge in [-0.25, -0.2) is 0 Å². The zero-order chi connectivity index (χ0) is 17.9. The Balaban J connectivity index is 1.68. The van der Waals surface area contributed by atoms with Crippen LogP contribution in [0.5, 0.6) is 0 Å². The van der Waals surface area contributed by atoms with Crippen molar-refractivity contribution in [1.82, 2.24) is 0 Å². The van der Waals surface area contributed by atoms with Crippen molar-refractivity contribution in [2.45, 2.75) is 44.9 Å². The summed E-state index contributed by atoms with van der Waals surface area (Å²) < 4.78 is 4.60. The highest BCUT2D eigenvalue weighted by Crippen LogP contribution is 2.19. The predicted molar refractivity (Wildman–Crippen MR) is 100 cm³/mol. The number of rotatable bonds is 10. The summed E-state index contributed by atoms with van der Waals surface area (Å²) in [6.45, 7) is 0. The second-order valence-corrected chi connectivity index (χ2v) is 6.27. The highest BCUT2D eigenvalue weighted by Gasteiger charge is 2.05. The Hall–Kier alpha value is -2.42. The molecule has 2 rings (SSSR count). The van der Waals surface area contributed by atoms with Gasteiger partial charge in [-0.1, -0.05) is 67.4 Å². The molecular weight excluding hydrogens is 312 g/mol. The van der Waals surface area contributed by atoms with Crippen LogP contribution in [0.4, 0.5) is 0 Å². The van der Waals surface area contributed by atoms with Crippen molar-refractivity contribution in [1.29, 1.82) is 0 Å². The normalized spacial score (nSPS) is 10.4. The smallest absolute Gasteiger partial charge is 0.305 e. The quantitative estimate of drug-likeness (QED) is 0.453. The van der Waals surface area contributed by atoms with Crippen LogP contribution >= 0.6 is 0 Å². The molecule has 132 valence electrons. The van der Waals surface area contributed by atoms with Crippen molar-refractivity contribution in [3.05, 3.63) is 60.2 Å². The Kier molecular flexibility index (Phi) is 7.90. The summed E-state index contributed by atoms with van der Waals surface area (Å²) in [5.41, 5.74) is 3.42. The van der Waals surface area contributed by atoms with E-state index in [-0.39, 0.29) is 11.8 Å². The zero-order valence-electron chi connectivity index (χ0n) is 14.9. The Morgan fingerprint density at radius 1 is 0.760 bits per heavy atom. The summed E-state index contributed by atoms with van der Waals surface area (Å²) in [7, 11) is 1.41. The Bertz CT molecular complexity index is 659. The van der Waals surface area contributed by atoms with E-state index in [4.69, 9.17) is 0 Å². The molecule has 0 fully saturated rings. The number of Topliss-reactive ketones (excluding diaryl/α,β-unsaturated/α-hetero) is 1. The van der Waals surface area contributed by atoms with Crippen molar-refractivity contribution in [2.75, 3.05) is 7.11 Å². The summed E-state index contributed by atoms with van der Waals surface area (Å²) in [5, 5.41) is 0. The fourth-order valence-electron chi connectivity index (χ4n) is 2.81. The lowest BCUT2D eigenvalue weighted by Crippen LogP contribution is -2.03. The summed E-state index contributed by atoms with van der Waals surface area (Å²) >= 11 is 0. The molecule has 0 saturated heterocycles. The van der Waals surface area contributed by atoms with E-state index in [1.807, 2.05) is 30.3 Å². The molecule has 0 unspecified atom stereocenters. The Morgan fingerprint density at radius 3 is 2.00 bits per heavy atom. The van der Waals surface area contributed by atoms with Crippen LogP contribution in [0.2, 0.25) is 0 Å². The molecule has 0 bridgehead atoms. The first-order valence-electron chi connectivity index (χ1n) is 8.92. The molecule has 0 aliphatic rings. The van der Waals surface area contributed by atoms with E-state index in [9.17, 15) is 9.59 Å². The molecule has 0 aliphatic heterocycles. The average molecular weight is 338 g/mol. The van der Waals surface area contributed by atoms with Gasteiger partial charge in [-0.2, -0.15) is 0 Å². The number of esters is 1. The molecule has 0 aliphatic carbocycles. The molecule has 3 nitrogen and oxygen atoms in total. The Morgan fingerprint density at radius 2 is 1.36 bits per heavy atom. The first-order chi connectivity index (χ1) is 12.2. The van der Waals surface area contributed by atoms with Crippen LogP contribution in [-0.2, 0) is 20.7 Å². The van der Waals surface area contributed by atoms with Gasteiger partial charge in [0.15, 0.2) is 0 Å². The van der Waals surface area contributed by atoms with Gasteiger partial charge in [-0.15, -0.1) is 0 Å². The summed E-state index contributed by atoms with van der Waals surface area (Å²) in [5.74, 6) is 0.121. The molecule has 0 saturated carbocycles. The second kappa shape index (κ2) is 10.4. The van der Waals surface area contributed by atoms with E-state index >= 15 is 0 Å². The summed E-state index contributed by atoms with van der Waals surface area (Å²) in [4.78, 5) is 23.1. The zero-order valence-corrected chi connectivity index (χ0v) is 14.9. The Labute approximate surface area is 150 Å². The van der Waals surface area contributed by atoms with Gasteiger partial charge in [0, 0.05) is 19.3 Å². The van der Waals surface area contributed by atoms with Crippen LogP contribution < -0.4 is 0 Å². The molecule has 0 N–H and O–H groups in total. The van der Waals surface area contributed by atoms with Crippen molar-refractivity contribution in [3.8, 4) is 11.1 Å². The maximum atomic E-state index is 12.1. The fraction of sp³-hybridized carbons (Fsp3) is 0.364. The second-order valence-electron chi connectivity index (χ2n) is 6.27. The topological polar surface area (TPSA) is 43.4 Å². The fourth-order valence-corrected chi connectivity index (χ4v) is 2.81. The number of methoxy groups -OCH3 is 1. The number of carbonyl (C=O) groups excluding carboxylic acids is 2. The number of carbonyl (C=O) groups is 2. The number of unbranched alkanes of at least 4 members (excludes halogenated alkanes) is 3. The SMILES string of the molecule is COC(=O)CCCCCCC(=O)Cc1ccc(-c2ccccc2)cc1. The molecule has 0 radical (unpaired) electrons. The molecule has 0 spiro atoms. The van der Waals surface area contributed by atoms with Crippen LogP contribution in [0.25, 0.3) is 11.1 Å². The number of hydrogen-bond acceptors (Lipinski definition) is 3. The highest BCUT2D eigenvalue weighted by atomic mass is 16.5. The number of ether oxygens (including phenoxy) is 1. The van der Waals surface area contributed by atoms with E-state index < -0.39 is 0 Å². The third-order valence-electron chi connectivity index (χ3n) is 4.28. The van der Waals surface area contributed by atoms with Gasteiger partial charge in [0.1, 0.15) is 5.78 Å². The minimum Gasteiger partial charge on any atom is -0.469 e. The standard InChI is InChI=1S/C22H26O3/c1-25-22(24)12-8-3-2-7-11-21(23)17-18-13-15-20(16-14-18)19-9-5-4-6-10-19/h4-6,9-10,13-16H,2-3,7-8,11-12,17H2,1H3. The lowest BCUT2D eigenvalue weighted by atomic mass is 10.00. The van der Waals surface area contributed by atoms with Crippen molar-refractivity contribution in [2.24, 2.45) is 0 Å². The molecular formula is C22H26O3. The van der Waals surface area contributed by atoms with Gasteiger partial charge in [-0.3, -0.25) is 9.59 Å².